The number of ether oxygens (including phenoxy) is 2. The van der Waals surface area contributed by atoms with E-state index in [0.29, 0.717) is 0 Å². The van der Waals surface area contributed by atoms with E-state index in [1.807, 2.05) is 0 Å². The summed E-state index contributed by atoms with van der Waals surface area (Å²) in [6.07, 6.45) is -2.75. The van der Waals surface area contributed by atoms with E-state index in [4.69, 9.17) is 9.47 Å². The van der Waals surface area contributed by atoms with Crippen molar-refractivity contribution in [2.75, 3.05) is 14.2 Å². The standard InChI is InChI=1S/C34H34O11/c1-12-19(44-5)7-14-21(16-9-33(3,42)11-18(35)23(16)29(38)24(14)27(12)36)22-15-8-20(45-6)13(2)28(37)25(15)30(39)26-17(22)10-34(4,43)32(41)31(26)40/h7-8,32,36-39,41-43H,9-11H2,1-6H3. The second-order valence-electron chi connectivity index (χ2n) is 12.7. The minimum Gasteiger partial charge on any atom is -0.507 e. The summed E-state index contributed by atoms with van der Waals surface area (Å²) in [6, 6.07) is 3.07. The summed E-state index contributed by atoms with van der Waals surface area (Å²) in [5, 5.41) is 79.3. The van der Waals surface area contributed by atoms with Crippen LogP contribution >= 0.6 is 0 Å². The summed E-state index contributed by atoms with van der Waals surface area (Å²) in [5.41, 5.74) is -2.93. The summed E-state index contributed by atoms with van der Waals surface area (Å²) < 4.78 is 11.1. The lowest BCUT2D eigenvalue weighted by Gasteiger charge is -2.37. The van der Waals surface area contributed by atoms with Crippen LogP contribution in [0.1, 0.15) is 63.2 Å². The van der Waals surface area contributed by atoms with E-state index in [1.54, 1.807) is 19.9 Å². The zero-order chi connectivity index (χ0) is 33.1. The highest BCUT2D eigenvalue weighted by molar-refractivity contribution is 6.22. The van der Waals surface area contributed by atoms with Crippen LogP contribution < -0.4 is 9.47 Å². The molecule has 2 aliphatic rings. The number of carbonyl (C=O) groups excluding carboxylic acids is 2. The van der Waals surface area contributed by atoms with E-state index >= 15 is 0 Å². The van der Waals surface area contributed by atoms with Crippen molar-refractivity contribution in [3.8, 4) is 45.6 Å². The molecule has 6 rings (SSSR count). The monoisotopic (exact) mass is 618 g/mol. The SMILES string of the molecule is COc1cc2c(-c3c4c(c(O)c5c(O)c(C)c(OC)cc35)C(=O)C(O)C(C)(O)C4)c3c(c(O)c2c(O)c1C)C(=O)CC(C)(O)C3. The maximum atomic E-state index is 13.7. The minimum absolute atomic E-state index is 0.0801. The van der Waals surface area contributed by atoms with Gasteiger partial charge in [-0.2, -0.15) is 0 Å². The van der Waals surface area contributed by atoms with Crippen LogP contribution in [0.15, 0.2) is 12.1 Å². The number of carbonyl (C=O) groups is 2. The summed E-state index contributed by atoms with van der Waals surface area (Å²) in [4.78, 5) is 27.3. The van der Waals surface area contributed by atoms with E-state index < -0.39 is 46.1 Å². The van der Waals surface area contributed by atoms with Gasteiger partial charge in [-0.3, -0.25) is 9.59 Å². The highest BCUT2D eigenvalue weighted by Crippen LogP contribution is 2.56. The van der Waals surface area contributed by atoms with Crippen LogP contribution in [0.4, 0.5) is 0 Å². The smallest absolute Gasteiger partial charge is 0.198 e. The Morgan fingerprint density at radius 1 is 0.689 bits per heavy atom. The average Bonchev–Trinajstić information content (AvgIpc) is 2.95. The van der Waals surface area contributed by atoms with Crippen molar-refractivity contribution in [3.05, 3.63) is 45.5 Å². The Morgan fingerprint density at radius 3 is 1.60 bits per heavy atom. The first kappa shape index (κ1) is 30.4. The summed E-state index contributed by atoms with van der Waals surface area (Å²) in [7, 11) is 2.77. The molecule has 0 aromatic heterocycles. The van der Waals surface area contributed by atoms with Crippen molar-refractivity contribution < 1.29 is 54.8 Å². The van der Waals surface area contributed by atoms with Crippen LogP contribution in [0, 0.1) is 13.8 Å². The van der Waals surface area contributed by atoms with Crippen LogP contribution in [-0.4, -0.2) is 78.8 Å². The molecule has 0 saturated carbocycles. The molecule has 2 aliphatic carbocycles. The third kappa shape index (κ3) is 4.07. The number of phenols is 4. The van der Waals surface area contributed by atoms with E-state index in [2.05, 4.69) is 0 Å². The number of Topliss-reactive ketones (excluding diaryl/α,β-unsaturated/α-hetero) is 2. The van der Waals surface area contributed by atoms with Crippen molar-refractivity contribution in [1.29, 1.82) is 0 Å². The van der Waals surface area contributed by atoms with Gasteiger partial charge in [-0.25, -0.2) is 0 Å². The second-order valence-corrected chi connectivity index (χ2v) is 12.7. The summed E-state index contributed by atoms with van der Waals surface area (Å²) >= 11 is 0. The van der Waals surface area contributed by atoms with E-state index in [1.165, 1.54) is 34.1 Å². The number of aliphatic hydroxyl groups excluding tert-OH is 1. The molecule has 0 fully saturated rings. The Bertz CT molecular complexity index is 2020. The quantitative estimate of drug-likeness (QED) is 0.176. The van der Waals surface area contributed by atoms with E-state index in [0.717, 1.165) is 0 Å². The molecule has 11 nitrogen and oxygen atoms in total. The fraction of sp³-hybridized carbons (Fsp3) is 0.353. The zero-order valence-electron chi connectivity index (χ0n) is 25.6. The zero-order valence-corrected chi connectivity index (χ0v) is 25.6. The van der Waals surface area contributed by atoms with Crippen molar-refractivity contribution in [2.45, 2.75) is 64.3 Å². The van der Waals surface area contributed by atoms with Gasteiger partial charge in [0.25, 0.3) is 0 Å². The van der Waals surface area contributed by atoms with Crippen LogP contribution in [0.2, 0.25) is 0 Å². The second kappa shape index (κ2) is 9.71. The number of aliphatic hydroxyl groups is 3. The highest BCUT2D eigenvalue weighted by Gasteiger charge is 2.47. The van der Waals surface area contributed by atoms with Gasteiger partial charge < -0.3 is 45.2 Å². The summed E-state index contributed by atoms with van der Waals surface area (Å²) in [6.45, 7) is 5.86. The Kier molecular flexibility index (Phi) is 6.57. The highest BCUT2D eigenvalue weighted by atomic mass is 16.5. The Hall–Kier alpha value is -4.58. The lowest BCUT2D eigenvalue weighted by atomic mass is 9.70. The molecule has 7 N–H and O–H groups in total. The molecule has 0 amide bonds. The molecule has 0 radical (unpaired) electrons. The Morgan fingerprint density at radius 2 is 1.13 bits per heavy atom. The normalized spacial score (nSPS) is 22.9. The summed E-state index contributed by atoms with van der Waals surface area (Å²) in [5.74, 6) is -3.06. The van der Waals surface area contributed by atoms with Gasteiger partial charge >= 0.3 is 0 Å². The Balaban J connectivity index is 1.99. The number of phenolic OH excluding ortho intramolecular Hbond substituents is 4. The molecule has 0 saturated heterocycles. The van der Waals surface area contributed by atoms with Gasteiger partial charge in [0, 0.05) is 41.2 Å². The van der Waals surface area contributed by atoms with Gasteiger partial charge in [-0.05, 0) is 62.1 Å². The number of hydrogen-bond donors (Lipinski definition) is 7. The average molecular weight is 619 g/mol. The first-order valence-electron chi connectivity index (χ1n) is 14.3. The molecule has 3 unspecified atom stereocenters. The predicted molar refractivity (Wildman–Crippen MR) is 164 cm³/mol. The molecular weight excluding hydrogens is 584 g/mol. The van der Waals surface area contributed by atoms with Crippen LogP contribution in [0.25, 0.3) is 32.7 Å². The van der Waals surface area contributed by atoms with Gasteiger partial charge in [0.05, 0.1) is 47.3 Å². The van der Waals surface area contributed by atoms with Gasteiger partial charge in [-0.1, -0.05) is 0 Å². The maximum Gasteiger partial charge on any atom is 0.198 e. The molecule has 4 aromatic carbocycles. The fourth-order valence-electron chi connectivity index (χ4n) is 7.14. The van der Waals surface area contributed by atoms with Crippen molar-refractivity contribution >= 4 is 33.1 Å². The minimum atomic E-state index is -2.00. The van der Waals surface area contributed by atoms with Crippen LogP contribution in [0.3, 0.4) is 0 Å². The molecule has 4 aromatic rings. The van der Waals surface area contributed by atoms with Crippen molar-refractivity contribution in [2.24, 2.45) is 0 Å². The number of fused-ring (bicyclic) bond motifs is 4. The topological polar surface area (TPSA) is 194 Å². The molecule has 0 bridgehead atoms. The largest absolute Gasteiger partial charge is 0.507 e. The molecule has 11 heteroatoms. The predicted octanol–water partition coefficient (Wildman–Crippen LogP) is 3.85. The number of methoxy groups -OCH3 is 2. The first-order chi connectivity index (χ1) is 21.0. The van der Waals surface area contributed by atoms with Gasteiger partial charge in [0.15, 0.2) is 11.6 Å². The molecule has 0 heterocycles. The third-order valence-electron chi connectivity index (χ3n) is 9.39. The first-order valence-corrected chi connectivity index (χ1v) is 14.3. The number of ketones is 2. The molecule has 3 atom stereocenters. The van der Waals surface area contributed by atoms with Crippen molar-refractivity contribution in [1.82, 2.24) is 0 Å². The molecule has 0 spiro atoms. The van der Waals surface area contributed by atoms with Crippen LogP contribution in [0.5, 0.6) is 34.5 Å². The van der Waals surface area contributed by atoms with E-state index in [9.17, 15) is 45.3 Å². The number of hydrogen-bond acceptors (Lipinski definition) is 11. The molecular formula is C34H34O11. The van der Waals surface area contributed by atoms with Gasteiger partial charge in [0.1, 0.15) is 40.6 Å². The van der Waals surface area contributed by atoms with Gasteiger partial charge in [0.2, 0.25) is 0 Å². The number of rotatable bonds is 3. The fourth-order valence-corrected chi connectivity index (χ4v) is 7.14. The van der Waals surface area contributed by atoms with Gasteiger partial charge in [-0.15, -0.1) is 0 Å². The number of benzene rings is 4. The van der Waals surface area contributed by atoms with Crippen LogP contribution in [-0.2, 0) is 12.8 Å². The lowest BCUT2D eigenvalue weighted by molar-refractivity contribution is -0.0488. The lowest BCUT2D eigenvalue weighted by Crippen LogP contribution is -2.50. The molecule has 45 heavy (non-hydrogen) atoms. The third-order valence-corrected chi connectivity index (χ3v) is 9.39. The molecule has 236 valence electrons. The van der Waals surface area contributed by atoms with E-state index in [-0.39, 0.29) is 103 Å². The van der Waals surface area contributed by atoms with Crippen molar-refractivity contribution in [3.63, 3.8) is 0 Å². The Labute approximate surface area is 257 Å². The maximum absolute atomic E-state index is 13.7. The molecule has 0 aliphatic heterocycles. The number of aromatic hydroxyl groups is 4.